The van der Waals surface area contributed by atoms with E-state index in [1.807, 2.05) is 30.3 Å². The predicted molar refractivity (Wildman–Crippen MR) is 92.5 cm³/mol. The number of primary amides is 1. The van der Waals surface area contributed by atoms with E-state index in [0.29, 0.717) is 30.9 Å². The largest absolute Gasteiger partial charge is 0.368 e. The maximum absolute atomic E-state index is 12.0. The molecule has 3 aromatic rings. The van der Waals surface area contributed by atoms with E-state index in [0.717, 1.165) is 5.56 Å². The second kappa shape index (κ2) is 8.01. The van der Waals surface area contributed by atoms with Crippen molar-refractivity contribution in [2.75, 3.05) is 5.32 Å². The van der Waals surface area contributed by atoms with Gasteiger partial charge < -0.3 is 11.1 Å². The molecule has 0 aliphatic carbocycles. The summed E-state index contributed by atoms with van der Waals surface area (Å²) < 4.78 is 1.36. The maximum atomic E-state index is 12.0. The molecule has 0 fully saturated rings. The highest BCUT2D eigenvalue weighted by Crippen LogP contribution is 2.12. The number of carbonyl (C=O) groups is 2. The molecular formula is C16H18N8O2. The first-order valence-corrected chi connectivity index (χ1v) is 8.04. The SMILES string of the molecule is NC(=O)Cn1cc(NC(=O)CCCn2nnc(-c3ccccc3)n2)cn1. The highest BCUT2D eigenvalue weighted by atomic mass is 16.2. The first kappa shape index (κ1) is 17.3. The molecule has 0 unspecified atom stereocenters. The van der Waals surface area contributed by atoms with Crippen LogP contribution in [0.2, 0.25) is 0 Å². The number of hydrogen-bond acceptors (Lipinski definition) is 6. The summed E-state index contributed by atoms with van der Waals surface area (Å²) in [6.07, 6.45) is 3.87. The second-order valence-corrected chi connectivity index (χ2v) is 5.62. The molecule has 2 heterocycles. The van der Waals surface area contributed by atoms with E-state index in [4.69, 9.17) is 5.73 Å². The van der Waals surface area contributed by atoms with Gasteiger partial charge in [0.15, 0.2) is 0 Å². The molecule has 2 aromatic heterocycles. The molecule has 10 nitrogen and oxygen atoms in total. The molecule has 0 saturated carbocycles. The Hall–Kier alpha value is -3.56. The Bertz CT molecular complexity index is 887. The molecule has 10 heteroatoms. The number of hydrogen-bond donors (Lipinski definition) is 2. The standard InChI is InChI=1S/C16H18N8O2/c17-14(25)11-23-10-13(9-18-23)19-15(26)7-4-8-24-21-16(20-22-24)12-5-2-1-3-6-12/h1-3,5-6,9-10H,4,7-8,11H2,(H2,17,25)(H,19,26). The van der Waals surface area contributed by atoms with Gasteiger partial charge in [-0.2, -0.15) is 9.90 Å². The van der Waals surface area contributed by atoms with Gasteiger partial charge in [0.05, 0.1) is 18.4 Å². The van der Waals surface area contributed by atoms with E-state index < -0.39 is 5.91 Å². The Morgan fingerprint density at radius 2 is 2.00 bits per heavy atom. The summed E-state index contributed by atoms with van der Waals surface area (Å²) in [5.74, 6) is -0.106. The van der Waals surface area contributed by atoms with Gasteiger partial charge in [-0.05, 0) is 11.6 Å². The Kier molecular flexibility index (Phi) is 5.32. The van der Waals surface area contributed by atoms with E-state index in [9.17, 15) is 9.59 Å². The fraction of sp³-hybridized carbons (Fsp3) is 0.250. The second-order valence-electron chi connectivity index (χ2n) is 5.62. The quantitative estimate of drug-likeness (QED) is 0.603. The van der Waals surface area contributed by atoms with Gasteiger partial charge >= 0.3 is 0 Å². The van der Waals surface area contributed by atoms with Crippen molar-refractivity contribution < 1.29 is 9.59 Å². The maximum Gasteiger partial charge on any atom is 0.239 e. The summed E-state index contributed by atoms with van der Waals surface area (Å²) in [6, 6.07) is 9.56. The molecule has 0 aliphatic rings. The Morgan fingerprint density at radius 1 is 1.19 bits per heavy atom. The van der Waals surface area contributed by atoms with Crippen LogP contribution in [0.3, 0.4) is 0 Å². The van der Waals surface area contributed by atoms with Crippen molar-refractivity contribution in [1.29, 1.82) is 0 Å². The zero-order chi connectivity index (χ0) is 18.4. The summed E-state index contributed by atoms with van der Waals surface area (Å²) in [5.41, 5.74) is 6.50. The summed E-state index contributed by atoms with van der Waals surface area (Å²) in [6.45, 7) is 0.450. The lowest BCUT2D eigenvalue weighted by atomic mass is 10.2. The molecule has 134 valence electrons. The van der Waals surface area contributed by atoms with Gasteiger partial charge in [0.1, 0.15) is 6.54 Å². The predicted octanol–water partition coefficient (Wildman–Crippen LogP) is 0.441. The van der Waals surface area contributed by atoms with Crippen molar-refractivity contribution in [3.8, 4) is 11.4 Å². The average molecular weight is 354 g/mol. The Morgan fingerprint density at radius 3 is 2.77 bits per heavy atom. The lowest BCUT2D eigenvalue weighted by Gasteiger charge is -2.02. The summed E-state index contributed by atoms with van der Waals surface area (Å²) in [7, 11) is 0. The monoisotopic (exact) mass is 354 g/mol. The topological polar surface area (TPSA) is 134 Å². The molecule has 0 radical (unpaired) electrons. The van der Waals surface area contributed by atoms with Gasteiger partial charge in [-0.1, -0.05) is 30.3 Å². The van der Waals surface area contributed by atoms with E-state index in [1.54, 1.807) is 6.20 Å². The number of rotatable bonds is 8. The van der Waals surface area contributed by atoms with Crippen LogP contribution in [0.25, 0.3) is 11.4 Å². The number of carbonyl (C=O) groups excluding carboxylic acids is 2. The third-order valence-corrected chi connectivity index (χ3v) is 3.48. The lowest BCUT2D eigenvalue weighted by molar-refractivity contribution is -0.118. The highest BCUT2D eigenvalue weighted by Gasteiger charge is 2.08. The summed E-state index contributed by atoms with van der Waals surface area (Å²) in [5, 5.41) is 19.0. The van der Waals surface area contributed by atoms with Crippen molar-refractivity contribution in [3.63, 3.8) is 0 Å². The molecule has 0 atom stereocenters. The number of nitrogens with zero attached hydrogens (tertiary/aromatic N) is 6. The Balaban J connectivity index is 1.45. The van der Waals surface area contributed by atoms with E-state index in [-0.39, 0.29) is 12.5 Å². The number of benzene rings is 1. The van der Waals surface area contributed by atoms with Crippen LogP contribution in [0.1, 0.15) is 12.8 Å². The lowest BCUT2D eigenvalue weighted by Crippen LogP contribution is -2.18. The molecule has 1 aromatic carbocycles. The van der Waals surface area contributed by atoms with Crippen LogP contribution in [-0.2, 0) is 22.7 Å². The van der Waals surface area contributed by atoms with Gasteiger partial charge in [0.25, 0.3) is 0 Å². The van der Waals surface area contributed by atoms with Crippen molar-refractivity contribution in [1.82, 2.24) is 30.0 Å². The molecule has 3 N–H and O–H groups in total. The number of amides is 2. The highest BCUT2D eigenvalue weighted by molar-refractivity contribution is 5.90. The zero-order valence-corrected chi connectivity index (χ0v) is 13.9. The van der Waals surface area contributed by atoms with Gasteiger partial charge in [0, 0.05) is 18.2 Å². The third-order valence-electron chi connectivity index (χ3n) is 3.48. The Labute approximate surface area is 149 Å². The average Bonchev–Trinajstić information content (AvgIpc) is 3.25. The molecule has 26 heavy (non-hydrogen) atoms. The molecule has 0 saturated heterocycles. The minimum absolute atomic E-state index is 0.0302. The molecule has 3 rings (SSSR count). The minimum atomic E-state index is -0.499. The van der Waals surface area contributed by atoms with Gasteiger partial charge in [-0.15, -0.1) is 10.2 Å². The van der Waals surface area contributed by atoms with Crippen LogP contribution in [-0.4, -0.2) is 41.8 Å². The van der Waals surface area contributed by atoms with E-state index >= 15 is 0 Å². The number of aromatic nitrogens is 6. The minimum Gasteiger partial charge on any atom is -0.368 e. The summed E-state index contributed by atoms with van der Waals surface area (Å²) in [4.78, 5) is 24.3. The molecular weight excluding hydrogens is 336 g/mol. The molecule has 0 aliphatic heterocycles. The van der Waals surface area contributed by atoms with Crippen molar-refractivity contribution in [2.24, 2.45) is 5.73 Å². The number of nitrogens with one attached hydrogen (secondary N) is 1. The summed E-state index contributed by atoms with van der Waals surface area (Å²) >= 11 is 0. The van der Waals surface area contributed by atoms with Crippen molar-refractivity contribution in [3.05, 3.63) is 42.7 Å². The van der Waals surface area contributed by atoms with Crippen molar-refractivity contribution in [2.45, 2.75) is 25.9 Å². The normalized spacial score (nSPS) is 10.6. The van der Waals surface area contributed by atoms with Crippen LogP contribution in [0, 0.1) is 0 Å². The molecule has 2 amide bonds. The number of anilines is 1. The van der Waals surface area contributed by atoms with Gasteiger partial charge in [0.2, 0.25) is 17.6 Å². The van der Waals surface area contributed by atoms with Crippen LogP contribution in [0.5, 0.6) is 0 Å². The van der Waals surface area contributed by atoms with Crippen LogP contribution in [0.15, 0.2) is 42.7 Å². The van der Waals surface area contributed by atoms with Crippen LogP contribution in [0.4, 0.5) is 5.69 Å². The third kappa shape index (κ3) is 4.72. The first-order valence-electron chi connectivity index (χ1n) is 8.04. The zero-order valence-electron chi connectivity index (χ0n) is 13.9. The van der Waals surface area contributed by atoms with Crippen molar-refractivity contribution >= 4 is 17.5 Å². The molecule has 0 bridgehead atoms. The molecule has 0 spiro atoms. The van der Waals surface area contributed by atoms with Gasteiger partial charge in [-0.3, -0.25) is 14.3 Å². The van der Waals surface area contributed by atoms with Crippen LogP contribution >= 0.6 is 0 Å². The fourth-order valence-electron chi connectivity index (χ4n) is 2.32. The van der Waals surface area contributed by atoms with E-state index in [2.05, 4.69) is 25.8 Å². The fourth-order valence-corrected chi connectivity index (χ4v) is 2.32. The number of tetrazole rings is 1. The number of aryl methyl sites for hydroxylation is 1. The van der Waals surface area contributed by atoms with Gasteiger partial charge in [-0.25, -0.2) is 0 Å². The van der Waals surface area contributed by atoms with Crippen LogP contribution < -0.4 is 11.1 Å². The first-order chi connectivity index (χ1) is 12.6. The number of nitrogens with two attached hydrogens (primary N) is 1. The smallest absolute Gasteiger partial charge is 0.239 e. The van der Waals surface area contributed by atoms with E-state index in [1.165, 1.54) is 15.7 Å².